The van der Waals surface area contributed by atoms with Gasteiger partial charge in [-0.2, -0.15) is 0 Å². The minimum Gasteiger partial charge on any atom is -0.456 e. The van der Waals surface area contributed by atoms with Crippen molar-refractivity contribution < 1.29 is 24.0 Å². The molecule has 9 nitrogen and oxygen atoms in total. The largest absolute Gasteiger partial charge is 0.456 e. The minimum absolute atomic E-state index is 0.0250. The molecule has 33 heavy (non-hydrogen) atoms. The lowest BCUT2D eigenvalue weighted by Crippen LogP contribution is -2.57. The summed E-state index contributed by atoms with van der Waals surface area (Å²) < 4.78 is 5.38. The lowest BCUT2D eigenvalue weighted by Gasteiger charge is -2.47. The van der Waals surface area contributed by atoms with E-state index in [1.807, 2.05) is 6.07 Å². The predicted molar refractivity (Wildman–Crippen MR) is 122 cm³/mol. The van der Waals surface area contributed by atoms with Gasteiger partial charge in [0.05, 0.1) is 21.8 Å². The minimum atomic E-state index is -0.807. The highest BCUT2D eigenvalue weighted by molar-refractivity contribution is 8.01. The zero-order valence-electron chi connectivity index (χ0n) is 17.3. The number of carbonyl (C=O) groups is 3. The maximum absolute atomic E-state index is 13.0. The van der Waals surface area contributed by atoms with E-state index in [1.54, 1.807) is 24.3 Å². The predicted octanol–water partition coefficient (Wildman–Crippen LogP) is 3.77. The molecule has 2 aliphatic rings. The summed E-state index contributed by atoms with van der Waals surface area (Å²) in [4.78, 5) is 50.8. The Labute approximate surface area is 198 Å². The number of benzene rings is 2. The van der Waals surface area contributed by atoms with Crippen molar-refractivity contribution in [1.29, 1.82) is 0 Å². The fourth-order valence-corrected chi connectivity index (χ4v) is 5.50. The van der Waals surface area contributed by atoms with Crippen LogP contribution in [0.25, 0.3) is 0 Å². The fraction of sp³-hybridized carbons (Fsp3) is 0.227. The van der Waals surface area contributed by atoms with Crippen molar-refractivity contribution in [3.8, 4) is 0 Å². The number of hydrogen-bond donors (Lipinski definition) is 0. The fourth-order valence-electron chi connectivity index (χ4n) is 3.58. The van der Waals surface area contributed by atoms with Crippen molar-refractivity contribution in [2.45, 2.75) is 30.7 Å². The van der Waals surface area contributed by atoms with Crippen molar-refractivity contribution in [1.82, 2.24) is 4.90 Å². The number of rotatable bonds is 6. The van der Waals surface area contributed by atoms with Crippen LogP contribution in [0, 0.1) is 10.1 Å². The third-order valence-electron chi connectivity index (χ3n) is 5.19. The van der Waals surface area contributed by atoms with Crippen molar-refractivity contribution in [3.63, 3.8) is 0 Å². The molecule has 170 valence electrons. The molecule has 11 heteroatoms. The van der Waals surface area contributed by atoms with E-state index in [1.165, 1.54) is 52.8 Å². The number of halogens is 1. The number of ether oxygens (including phenoxy) is 1. The van der Waals surface area contributed by atoms with Crippen LogP contribution in [-0.4, -0.2) is 38.4 Å². The van der Waals surface area contributed by atoms with Gasteiger partial charge in [-0.3, -0.25) is 29.5 Å². The first-order valence-electron chi connectivity index (χ1n) is 9.90. The molecule has 1 fully saturated rings. The summed E-state index contributed by atoms with van der Waals surface area (Å²) >= 11 is 7.94. The Morgan fingerprint density at radius 3 is 2.45 bits per heavy atom. The summed E-state index contributed by atoms with van der Waals surface area (Å²) in [5.74, 6) is -1.34. The Kier molecular flexibility index (Phi) is 6.39. The van der Waals surface area contributed by atoms with E-state index < -0.39 is 16.3 Å². The summed E-state index contributed by atoms with van der Waals surface area (Å²) in [6, 6.07) is 14.5. The number of nitrogens with zero attached hydrogens (tertiary/aromatic N) is 3. The second-order valence-electron chi connectivity index (χ2n) is 7.33. The van der Waals surface area contributed by atoms with Gasteiger partial charge in [0, 0.05) is 24.7 Å². The van der Waals surface area contributed by atoms with Crippen LogP contribution < -0.4 is 4.90 Å². The van der Waals surface area contributed by atoms with Crippen molar-refractivity contribution >= 4 is 52.5 Å². The number of fused-ring (bicyclic) bond motifs is 1. The van der Waals surface area contributed by atoms with Gasteiger partial charge < -0.3 is 4.74 Å². The summed E-state index contributed by atoms with van der Waals surface area (Å²) in [5, 5.41) is 9.76. The monoisotopic (exact) mass is 487 g/mol. The quantitative estimate of drug-likeness (QED) is 0.264. The SMILES string of the molecule is CC(=O)N(c1ccccc1)C1S[C@@H]2CC(=O)N2C(C(=O)OCc2ccc([N+](=O)[O-])cc2)=C1Cl. The second kappa shape index (κ2) is 9.24. The van der Waals surface area contributed by atoms with E-state index in [2.05, 4.69) is 0 Å². The average Bonchev–Trinajstić information content (AvgIpc) is 2.79. The third kappa shape index (κ3) is 4.44. The molecule has 2 heterocycles. The topological polar surface area (TPSA) is 110 Å². The first kappa shape index (κ1) is 22.8. The van der Waals surface area contributed by atoms with Crippen LogP contribution in [0.1, 0.15) is 18.9 Å². The van der Waals surface area contributed by atoms with E-state index in [-0.39, 0.29) is 46.6 Å². The van der Waals surface area contributed by atoms with Gasteiger partial charge in [0.25, 0.3) is 5.69 Å². The summed E-state index contributed by atoms with van der Waals surface area (Å²) in [6.07, 6.45) is 0.213. The molecule has 0 N–H and O–H groups in total. The Bertz CT molecular complexity index is 1150. The zero-order chi connectivity index (χ0) is 23.7. The van der Waals surface area contributed by atoms with E-state index in [0.29, 0.717) is 11.3 Å². The molecule has 2 aromatic rings. The number of anilines is 1. The van der Waals surface area contributed by atoms with Crippen molar-refractivity contribution in [3.05, 3.63) is 81.0 Å². The number of β-lactam (4-membered cyclic amide) rings is 1. The molecule has 2 aromatic carbocycles. The van der Waals surface area contributed by atoms with Gasteiger partial charge in [-0.15, -0.1) is 11.8 Å². The number of para-hydroxylation sites is 1. The highest BCUT2D eigenvalue weighted by Gasteiger charge is 2.50. The number of amides is 2. The molecule has 1 saturated heterocycles. The molecular weight excluding hydrogens is 470 g/mol. The van der Waals surface area contributed by atoms with E-state index >= 15 is 0 Å². The van der Waals surface area contributed by atoms with Crippen LogP contribution in [0.3, 0.4) is 0 Å². The third-order valence-corrected chi connectivity index (χ3v) is 7.11. The molecule has 0 saturated carbocycles. The van der Waals surface area contributed by atoms with Crippen LogP contribution in [0.4, 0.5) is 11.4 Å². The first-order chi connectivity index (χ1) is 15.8. The van der Waals surface area contributed by atoms with Gasteiger partial charge in [-0.1, -0.05) is 29.8 Å². The van der Waals surface area contributed by atoms with Gasteiger partial charge in [0.15, 0.2) is 0 Å². The second-order valence-corrected chi connectivity index (χ2v) is 9.00. The van der Waals surface area contributed by atoms with Crippen LogP contribution >= 0.6 is 23.4 Å². The molecule has 1 unspecified atom stereocenters. The molecule has 2 amide bonds. The molecule has 0 radical (unpaired) electrons. The summed E-state index contributed by atoms with van der Waals surface area (Å²) in [7, 11) is 0. The number of nitro benzene ring substituents is 1. The van der Waals surface area contributed by atoms with Crippen molar-refractivity contribution in [2.24, 2.45) is 0 Å². The highest BCUT2D eigenvalue weighted by atomic mass is 35.5. The van der Waals surface area contributed by atoms with E-state index in [0.717, 1.165) is 0 Å². The maximum Gasteiger partial charge on any atom is 0.356 e. The molecule has 2 atom stereocenters. The zero-order valence-corrected chi connectivity index (χ0v) is 18.9. The lowest BCUT2D eigenvalue weighted by molar-refractivity contribution is -0.384. The van der Waals surface area contributed by atoms with Crippen LogP contribution in [0.5, 0.6) is 0 Å². The molecular formula is C22H18ClN3O6S. The molecule has 4 rings (SSSR count). The normalized spacial score (nSPS) is 19.5. The number of thioether (sulfide) groups is 1. The Balaban J connectivity index is 1.61. The van der Waals surface area contributed by atoms with Crippen LogP contribution in [-0.2, 0) is 25.7 Å². The van der Waals surface area contributed by atoms with Crippen molar-refractivity contribution in [2.75, 3.05) is 4.90 Å². The molecule has 0 bridgehead atoms. The number of esters is 1. The molecule has 0 spiro atoms. The standard InChI is InChI=1S/C22H18ClN3O6S/c1-13(27)24(15-5-3-2-4-6-15)21-19(23)20(25-17(28)11-18(25)33-21)22(29)32-12-14-7-9-16(10-8-14)26(30)31/h2-10,18,21H,11-12H2,1H3/t18-,21?/m1/s1. The van der Waals surface area contributed by atoms with Gasteiger partial charge in [-0.05, 0) is 29.8 Å². The lowest BCUT2D eigenvalue weighted by atomic mass is 10.1. The molecule has 0 aromatic heterocycles. The summed E-state index contributed by atoms with van der Waals surface area (Å²) in [5.41, 5.74) is 0.972. The van der Waals surface area contributed by atoms with Gasteiger partial charge in [0.1, 0.15) is 17.7 Å². The average molecular weight is 488 g/mol. The van der Waals surface area contributed by atoms with Gasteiger partial charge in [0.2, 0.25) is 11.8 Å². The summed E-state index contributed by atoms with van der Waals surface area (Å²) in [6.45, 7) is 1.24. The number of hydrogen-bond acceptors (Lipinski definition) is 7. The number of carbonyl (C=O) groups excluding carboxylic acids is 3. The smallest absolute Gasteiger partial charge is 0.356 e. The first-order valence-corrected chi connectivity index (χ1v) is 11.2. The van der Waals surface area contributed by atoms with Gasteiger partial charge >= 0.3 is 5.97 Å². The Morgan fingerprint density at radius 2 is 1.88 bits per heavy atom. The Hall–Kier alpha value is -3.37. The van der Waals surface area contributed by atoms with Crippen LogP contribution in [0.2, 0.25) is 0 Å². The van der Waals surface area contributed by atoms with Crippen LogP contribution in [0.15, 0.2) is 65.3 Å². The van der Waals surface area contributed by atoms with E-state index in [4.69, 9.17) is 16.3 Å². The maximum atomic E-state index is 13.0. The molecule has 2 aliphatic heterocycles. The molecule has 0 aliphatic carbocycles. The van der Waals surface area contributed by atoms with Gasteiger partial charge in [-0.25, -0.2) is 4.79 Å². The Morgan fingerprint density at radius 1 is 1.21 bits per heavy atom. The highest BCUT2D eigenvalue weighted by Crippen LogP contribution is 2.47. The van der Waals surface area contributed by atoms with E-state index in [9.17, 15) is 24.5 Å². The number of nitro groups is 1. The number of non-ortho nitro benzene ring substituents is 1.